The van der Waals surface area contributed by atoms with Crippen molar-refractivity contribution in [3.05, 3.63) is 47.5 Å². The zero-order chi connectivity index (χ0) is 15.5. The molecule has 0 saturated carbocycles. The van der Waals surface area contributed by atoms with Crippen LogP contribution in [0.25, 0.3) is 0 Å². The first-order valence-electron chi connectivity index (χ1n) is 7.79. The van der Waals surface area contributed by atoms with Gasteiger partial charge in [-0.3, -0.25) is 4.79 Å². The van der Waals surface area contributed by atoms with Crippen molar-refractivity contribution in [1.82, 2.24) is 14.8 Å². The highest BCUT2D eigenvalue weighted by atomic mass is 16.5. The lowest BCUT2D eigenvalue weighted by molar-refractivity contribution is -0.146. The highest BCUT2D eigenvalue weighted by Gasteiger charge is 2.30. The number of rotatable bonds is 4. The number of aromatic nitrogens is 3. The Kier molecular flexibility index (Phi) is 4.22. The molecule has 0 amide bonds. The normalized spacial score (nSPS) is 18.5. The predicted octanol–water partition coefficient (Wildman–Crippen LogP) is 2.56. The van der Waals surface area contributed by atoms with Crippen LogP contribution in [0.1, 0.15) is 42.9 Å². The maximum Gasteiger partial charge on any atom is 0.309 e. The van der Waals surface area contributed by atoms with E-state index in [0.717, 1.165) is 31.0 Å². The summed E-state index contributed by atoms with van der Waals surface area (Å²) < 4.78 is 7.03. The van der Waals surface area contributed by atoms with Crippen LogP contribution in [-0.2, 0) is 22.5 Å². The van der Waals surface area contributed by atoms with Crippen molar-refractivity contribution in [1.29, 1.82) is 0 Å². The molecule has 2 unspecified atom stereocenters. The molecule has 0 spiro atoms. The van der Waals surface area contributed by atoms with Crippen LogP contribution in [0.15, 0.2) is 30.3 Å². The van der Waals surface area contributed by atoms with E-state index >= 15 is 0 Å². The summed E-state index contributed by atoms with van der Waals surface area (Å²) in [5, 5.41) is 8.75. The third-order valence-corrected chi connectivity index (χ3v) is 4.44. The van der Waals surface area contributed by atoms with Crippen LogP contribution in [0.4, 0.5) is 0 Å². The summed E-state index contributed by atoms with van der Waals surface area (Å²) in [4.78, 5) is 11.7. The van der Waals surface area contributed by atoms with Gasteiger partial charge in [-0.1, -0.05) is 37.3 Å². The largest absolute Gasteiger partial charge is 0.469 e. The van der Waals surface area contributed by atoms with E-state index in [1.54, 1.807) is 0 Å². The fourth-order valence-electron chi connectivity index (χ4n) is 3.23. The molecule has 2 atom stereocenters. The molecule has 0 radical (unpaired) electrons. The van der Waals surface area contributed by atoms with Crippen LogP contribution in [0.5, 0.6) is 0 Å². The fraction of sp³-hybridized carbons (Fsp3) is 0.471. The van der Waals surface area contributed by atoms with E-state index in [4.69, 9.17) is 4.74 Å². The molecule has 1 aliphatic rings. The second-order valence-electron chi connectivity index (χ2n) is 5.71. The Labute approximate surface area is 130 Å². The van der Waals surface area contributed by atoms with E-state index in [1.165, 1.54) is 12.7 Å². The van der Waals surface area contributed by atoms with Gasteiger partial charge in [0, 0.05) is 18.9 Å². The molecule has 2 aromatic rings. The molecule has 2 heterocycles. The van der Waals surface area contributed by atoms with E-state index in [9.17, 15) is 4.79 Å². The van der Waals surface area contributed by atoms with Gasteiger partial charge in [-0.15, -0.1) is 10.2 Å². The number of ether oxygens (including phenoxy) is 1. The minimum absolute atomic E-state index is 0.0913. The van der Waals surface area contributed by atoms with Crippen molar-refractivity contribution in [2.75, 3.05) is 7.11 Å². The maximum absolute atomic E-state index is 11.7. The van der Waals surface area contributed by atoms with Crippen LogP contribution >= 0.6 is 0 Å². The quantitative estimate of drug-likeness (QED) is 0.814. The van der Waals surface area contributed by atoms with E-state index < -0.39 is 0 Å². The lowest BCUT2D eigenvalue weighted by Crippen LogP contribution is -2.28. The molecule has 0 saturated heterocycles. The zero-order valence-corrected chi connectivity index (χ0v) is 13.0. The SMILES string of the molecule is CCC(c1ccccc1)c1nnc2n1CCC(C(=O)OC)C2. The van der Waals surface area contributed by atoms with Crippen LogP contribution < -0.4 is 0 Å². The van der Waals surface area contributed by atoms with Crippen LogP contribution in [0.3, 0.4) is 0 Å². The number of nitrogens with zero attached hydrogens (tertiary/aromatic N) is 3. The third kappa shape index (κ3) is 2.63. The Bertz CT molecular complexity index is 651. The first-order valence-corrected chi connectivity index (χ1v) is 7.79. The van der Waals surface area contributed by atoms with Gasteiger partial charge in [0.05, 0.1) is 13.0 Å². The van der Waals surface area contributed by atoms with Gasteiger partial charge in [0.2, 0.25) is 0 Å². The number of methoxy groups -OCH3 is 1. The van der Waals surface area contributed by atoms with Gasteiger partial charge in [-0.2, -0.15) is 0 Å². The van der Waals surface area contributed by atoms with Crippen molar-refractivity contribution in [2.24, 2.45) is 5.92 Å². The van der Waals surface area contributed by atoms with Gasteiger partial charge >= 0.3 is 5.97 Å². The topological polar surface area (TPSA) is 57.0 Å². The van der Waals surface area contributed by atoms with Gasteiger partial charge in [0.15, 0.2) is 0 Å². The number of carbonyl (C=O) groups excluding carboxylic acids is 1. The Hall–Kier alpha value is -2.17. The Morgan fingerprint density at radius 3 is 2.82 bits per heavy atom. The number of fused-ring (bicyclic) bond motifs is 1. The van der Waals surface area contributed by atoms with Gasteiger partial charge in [-0.25, -0.2) is 0 Å². The number of hydrogen-bond donors (Lipinski definition) is 0. The molecule has 5 nitrogen and oxygen atoms in total. The van der Waals surface area contributed by atoms with E-state index in [1.807, 2.05) is 6.07 Å². The number of hydrogen-bond acceptors (Lipinski definition) is 4. The minimum Gasteiger partial charge on any atom is -0.469 e. The van der Waals surface area contributed by atoms with Crippen molar-refractivity contribution < 1.29 is 9.53 Å². The maximum atomic E-state index is 11.7. The second kappa shape index (κ2) is 6.30. The monoisotopic (exact) mass is 299 g/mol. The summed E-state index contributed by atoms with van der Waals surface area (Å²) in [5.74, 6) is 1.91. The van der Waals surface area contributed by atoms with Crippen molar-refractivity contribution in [3.8, 4) is 0 Å². The third-order valence-electron chi connectivity index (χ3n) is 4.44. The lowest BCUT2D eigenvalue weighted by Gasteiger charge is -2.24. The van der Waals surface area contributed by atoms with E-state index in [-0.39, 0.29) is 17.8 Å². The highest BCUT2D eigenvalue weighted by Crippen LogP contribution is 2.30. The molecule has 0 bridgehead atoms. The Morgan fingerprint density at radius 2 is 2.14 bits per heavy atom. The molecule has 22 heavy (non-hydrogen) atoms. The smallest absolute Gasteiger partial charge is 0.309 e. The molecule has 0 fully saturated rings. The first kappa shape index (κ1) is 14.8. The first-order chi connectivity index (χ1) is 10.7. The second-order valence-corrected chi connectivity index (χ2v) is 5.71. The van der Waals surface area contributed by atoms with Gasteiger partial charge in [-0.05, 0) is 18.4 Å². The number of benzene rings is 1. The molecule has 1 aromatic carbocycles. The summed E-state index contributed by atoms with van der Waals surface area (Å²) in [5.41, 5.74) is 1.26. The Balaban J connectivity index is 1.89. The Morgan fingerprint density at radius 1 is 1.36 bits per heavy atom. The predicted molar refractivity (Wildman–Crippen MR) is 82.4 cm³/mol. The summed E-state index contributed by atoms with van der Waals surface area (Å²) in [6.07, 6.45) is 2.38. The molecule has 0 N–H and O–H groups in total. The molecular formula is C17H21N3O2. The van der Waals surface area contributed by atoms with Crippen molar-refractivity contribution >= 4 is 5.97 Å². The number of esters is 1. The minimum atomic E-state index is -0.147. The van der Waals surface area contributed by atoms with Crippen LogP contribution in [-0.4, -0.2) is 27.8 Å². The molecular weight excluding hydrogens is 278 g/mol. The summed E-state index contributed by atoms with van der Waals surface area (Å²) in [7, 11) is 1.44. The van der Waals surface area contributed by atoms with Gasteiger partial charge in [0.1, 0.15) is 11.6 Å². The van der Waals surface area contributed by atoms with Crippen LogP contribution in [0.2, 0.25) is 0 Å². The standard InChI is InChI=1S/C17H21N3O2/c1-3-14(12-7-5-4-6-8-12)16-19-18-15-11-13(17(21)22-2)9-10-20(15)16/h4-8,13-14H,3,9-11H2,1-2H3. The summed E-state index contributed by atoms with van der Waals surface area (Å²) in [6.45, 7) is 2.94. The molecule has 5 heteroatoms. The molecule has 116 valence electrons. The van der Waals surface area contributed by atoms with Crippen molar-refractivity contribution in [3.63, 3.8) is 0 Å². The lowest BCUT2D eigenvalue weighted by atomic mass is 9.94. The van der Waals surface area contributed by atoms with Crippen LogP contribution in [0, 0.1) is 5.92 Å². The molecule has 1 aliphatic heterocycles. The zero-order valence-electron chi connectivity index (χ0n) is 13.0. The molecule has 0 aliphatic carbocycles. The average molecular weight is 299 g/mol. The number of carbonyl (C=O) groups is 1. The highest BCUT2D eigenvalue weighted by molar-refractivity contribution is 5.72. The summed E-state index contributed by atoms with van der Waals surface area (Å²) in [6, 6.07) is 10.4. The summed E-state index contributed by atoms with van der Waals surface area (Å²) >= 11 is 0. The van der Waals surface area contributed by atoms with E-state index in [2.05, 4.69) is 46.0 Å². The molecule has 1 aromatic heterocycles. The van der Waals surface area contributed by atoms with Gasteiger partial charge in [0.25, 0.3) is 0 Å². The average Bonchev–Trinajstić information content (AvgIpc) is 2.99. The van der Waals surface area contributed by atoms with E-state index in [0.29, 0.717) is 6.42 Å². The van der Waals surface area contributed by atoms with Crippen molar-refractivity contribution in [2.45, 2.75) is 38.6 Å². The molecule has 3 rings (SSSR count). The fourth-order valence-corrected chi connectivity index (χ4v) is 3.23. The van der Waals surface area contributed by atoms with Gasteiger partial charge < -0.3 is 9.30 Å².